The van der Waals surface area contributed by atoms with Gasteiger partial charge in [0, 0.05) is 12.1 Å². The standard InChI is InChI=1S/C27H21F3N2O4/c1-17(26(34)35)36-21-8-4-6-18(16-21)7-5-15-32-23-10-3-2-9-22(23)31-25(32)24(33)19-11-13-20(14-12-19)27(28,29)30/h2-14,16-17H,15H2,1H3,(H,34,35)/b7-5+/t17-/m0/s1. The Hall–Kier alpha value is -4.40. The van der Waals surface area contributed by atoms with Crippen LogP contribution in [0.1, 0.15) is 34.2 Å². The van der Waals surface area contributed by atoms with E-state index in [1.54, 1.807) is 53.1 Å². The van der Waals surface area contributed by atoms with Gasteiger partial charge in [0.1, 0.15) is 5.75 Å². The van der Waals surface area contributed by atoms with Crippen molar-refractivity contribution in [2.75, 3.05) is 0 Å². The van der Waals surface area contributed by atoms with E-state index < -0.39 is 29.6 Å². The molecule has 0 fully saturated rings. The Bertz CT molecular complexity index is 1440. The van der Waals surface area contributed by atoms with Gasteiger partial charge in [-0.25, -0.2) is 9.78 Å². The van der Waals surface area contributed by atoms with Gasteiger partial charge < -0.3 is 14.4 Å². The summed E-state index contributed by atoms with van der Waals surface area (Å²) in [4.78, 5) is 28.6. The molecule has 1 aromatic heterocycles. The second kappa shape index (κ2) is 10.1. The second-order valence-corrected chi connectivity index (χ2v) is 8.01. The molecule has 1 atom stereocenters. The number of allylic oxidation sites excluding steroid dienone is 1. The normalized spacial score (nSPS) is 12.7. The summed E-state index contributed by atoms with van der Waals surface area (Å²) >= 11 is 0. The lowest BCUT2D eigenvalue weighted by Crippen LogP contribution is -2.22. The molecule has 0 aliphatic heterocycles. The van der Waals surface area contributed by atoms with Crippen LogP contribution in [0.25, 0.3) is 17.1 Å². The summed E-state index contributed by atoms with van der Waals surface area (Å²) in [7, 11) is 0. The Labute approximate surface area is 204 Å². The zero-order valence-electron chi connectivity index (χ0n) is 19.1. The van der Waals surface area contributed by atoms with E-state index in [4.69, 9.17) is 9.84 Å². The van der Waals surface area contributed by atoms with Crippen molar-refractivity contribution in [3.63, 3.8) is 0 Å². The van der Waals surface area contributed by atoms with Crippen molar-refractivity contribution < 1.29 is 32.6 Å². The molecule has 0 bridgehead atoms. The predicted octanol–water partition coefficient (Wildman–Crippen LogP) is 5.85. The number of rotatable bonds is 8. The van der Waals surface area contributed by atoms with Gasteiger partial charge in [0.2, 0.25) is 5.78 Å². The fourth-order valence-corrected chi connectivity index (χ4v) is 3.61. The number of para-hydroxylation sites is 2. The minimum absolute atomic E-state index is 0.0981. The Morgan fingerprint density at radius 1 is 1.06 bits per heavy atom. The summed E-state index contributed by atoms with van der Waals surface area (Å²) in [6.45, 7) is 1.70. The molecule has 0 saturated carbocycles. The molecule has 0 unspecified atom stereocenters. The highest BCUT2D eigenvalue weighted by Gasteiger charge is 2.30. The van der Waals surface area contributed by atoms with Gasteiger partial charge in [0.15, 0.2) is 11.9 Å². The average molecular weight is 494 g/mol. The summed E-state index contributed by atoms with van der Waals surface area (Å²) in [6.07, 6.45) is -1.90. The largest absolute Gasteiger partial charge is 0.479 e. The molecule has 0 radical (unpaired) electrons. The number of imidazole rings is 1. The van der Waals surface area contributed by atoms with Crippen LogP contribution in [0.15, 0.2) is 78.9 Å². The van der Waals surface area contributed by atoms with Gasteiger partial charge in [-0.1, -0.05) is 48.6 Å². The van der Waals surface area contributed by atoms with E-state index in [9.17, 15) is 22.8 Å². The zero-order chi connectivity index (χ0) is 25.9. The van der Waals surface area contributed by atoms with Crippen molar-refractivity contribution in [3.8, 4) is 5.75 Å². The number of fused-ring (bicyclic) bond motifs is 1. The number of ketones is 1. The fraction of sp³-hybridized carbons (Fsp3) is 0.148. The molecular weight excluding hydrogens is 473 g/mol. The highest BCUT2D eigenvalue weighted by Crippen LogP contribution is 2.29. The molecule has 0 aliphatic carbocycles. The lowest BCUT2D eigenvalue weighted by atomic mass is 10.1. The third-order valence-electron chi connectivity index (χ3n) is 5.45. The van der Waals surface area contributed by atoms with Crippen LogP contribution >= 0.6 is 0 Å². The number of carbonyl (C=O) groups excluding carboxylic acids is 1. The summed E-state index contributed by atoms with van der Waals surface area (Å²) in [5.74, 6) is -1.06. The molecule has 0 spiro atoms. The molecule has 4 aromatic rings. The monoisotopic (exact) mass is 494 g/mol. The molecule has 36 heavy (non-hydrogen) atoms. The lowest BCUT2D eigenvalue weighted by molar-refractivity contribution is -0.144. The van der Waals surface area contributed by atoms with E-state index >= 15 is 0 Å². The molecule has 9 heteroatoms. The molecular formula is C27H21F3N2O4. The maximum Gasteiger partial charge on any atom is 0.416 e. The first-order valence-electron chi connectivity index (χ1n) is 11.0. The number of nitrogens with zero attached hydrogens (tertiary/aromatic N) is 2. The second-order valence-electron chi connectivity index (χ2n) is 8.01. The number of hydrogen-bond donors (Lipinski definition) is 1. The quantitative estimate of drug-likeness (QED) is 0.311. The molecule has 0 amide bonds. The molecule has 0 aliphatic rings. The number of carboxylic acid groups (broad SMARTS) is 1. The van der Waals surface area contributed by atoms with E-state index in [1.807, 2.05) is 12.1 Å². The minimum atomic E-state index is -4.49. The van der Waals surface area contributed by atoms with Crippen molar-refractivity contribution in [3.05, 3.63) is 101 Å². The van der Waals surface area contributed by atoms with Gasteiger partial charge in [-0.2, -0.15) is 13.2 Å². The predicted molar refractivity (Wildman–Crippen MR) is 128 cm³/mol. The van der Waals surface area contributed by atoms with Crippen LogP contribution in [0.3, 0.4) is 0 Å². The van der Waals surface area contributed by atoms with Crippen molar-refractivity contribution in [1.29, 1.82) is 0 Å². The van der Waals surface area contributed by atoms with E-state index in [-0.39, 0.29) is 17.9 Å². The van der Waals surface area contributed by atoms with Crippen LogP contribution in [0.5, 0.6) is 5.75 Å². The number of carbonyl (C=O) groups is 2. The number of carboxylic acids is 1. The first-order valence-corrected chi connectivity index (χ1v) is 11.0. The average Bonchev–Trinajstić information content (AvgIpc) is 3.22. The van der Waals surface area contributed by atoms with Crippen LogP contribution < -0.4 is 4.74 Å². The highest BCUT2D eigenvalue weighted by atomic mass is 19.4. The van der Waals surface area contributed by atoms with Crippen LogP contribution in [0.2, 0.25) is 0 Å². The Balaban J connectivity index is 1.60. The van der Waals surface area contributed by atoms with Crippen molar-refractivity contribution in [2.45, 2.75) is 25.7 Å². The zero-order valence-corrected chi connectivity index (χ0v) is 19.1. The number of ether oxygens (including phenoxy) is 1. The van der Waals surface area contributed by atoms with Gasteiger partial charge in [0.05, 0.1) is 16.6 Å². The molecule has 0 saturated heterocycles. The molecule has 4 rings (SSSR count). The molecule has 6 nitrogen and oxygen atoms in total. The van der Waals surface area contributed by atoms with Crippen LogP contribution in [-0.2, 0) is 17.5 Å². The van der Waals surface area contributed by atoms with Crippen molar-refractivity contribution in [1.82, 2.24) is 9.55 Å². The summed E-state index contributed by atoms with van der Waals surface area (Å²) < 4.78 is 45.8. The SMILES string of the molecule is C[C@H](Oc1cccc(/C=C/Cn2c(C(=O)c3ccc(C(F)(F)F)cc3)nc3ccccc32)c1)C(=O)O. The smallest absolute Gasteiger partial charge is 0.416 e. The topological polar surface area (TPSA) is 81.4 Å². The Kier molecular flexibility index (Phi) is 6.91. The highest BCUT2D eigenvalue weighted by molar-refractivity contribution is 6.08. The van der Waals surface area contributed by atoms with Gasteiger partial charge in [-0.15, -0.1) is 0 Å². The number of alkyl halides is 3. The number of benzene rings is 3. The summed E-state index contributed by atoms with van der Waals surface area (Å²) in [6, 6.07) is 18.1. The van der Waals surface area contributed by atoms with E-state index in [2.05, 4.69) is 4.98 Å². The Morgan fingerprint density at radius 2 is 1.78 bits per heavy atom. The van der Waals surface area contributed by atoms with E-state index in [0.717, 1.165) is 29.8 Å². The van der Waals surface area contributed by atoms with Gasteiger partial charge in [-0.3, -0.25) is 4.79 Å². The minimum Gasteiger partial charge on any atom is -0.479 e. The maximum absolute atomic E-state index is 13.2. The molecule has 1 N–H and O–H groups in total. The van der Waals surface area contributed by atoms with Crippen LogP contribution in [0, 0.1) is 0 Å². The van der Waals surface area contributed by atoms with Gasteiger partial charge in [0.25, 0.3) is 0 Å². The maximum atomic E-state index is 13.2. The summed E-state index contributed by atoms with van der Waals surface area (Å²) in [5.41, 5.74) is 1.30. The molecule has 184 valence electrons. The summed E-state index contributed by atoms with van der Waals surface area (Å²) in [5, 5.41) is 9.02. The molecule has 3 aromatic carbocycles. The number of aromatic nitrogens is 2. The van der Waals surface area contributed by atoms with Crippen molar-refractivity contribution in [2.24, 2.45) is 0 Å². The van der Waals surface area contributed by atoms with Gasteiger partial charge >= 0.3 is 12.1 Å². The first-order chi connectivity index (χ1) is 17.1. The number of aliphatic carboxylic acids is 1. The van der Waals surface area contributed by atoms with Crippen LogP contribution in [0.4, 0.5) is 13.2 Å². The van der Waals surface area contributed by atoms with E-state index in [1.165, 1.54) is 6.92 Å². The van der Waals surface area contributed by atoms with Crippen LogP contribution in [-0.4, -0.2) is 32.5 Å². The molecule has 1 heterocycles. The van der Waals surface area contributed by atoms with Crippen molar-refractivity contribution >= 4 is 28.9 Å². The third kappa shape index (κ3) is 5.46. The number of halogens is 3. The third-order valence-corrected chi connectivity index (χ3v) is 5.45. The fourth-order valence-electron chi connectivity index (χ4n) is 3.61. The van der Waals surface area contributed by atoms with Gasteiger partial charge in [-0.05, 0) is 48.9 Å². The first kappa shape index (κ1) is 24.7. The Morgan fingerprint density at radius 3 is 2.47 bits per heavy atom. The number of hydrogen-bond acceptors (Lipinski definition) is 4. The van der Waals surface area contributed by atoms with E-state index in [0.29, 0.717) is 16.8 Å². The lowest BCUT2D eigenvalue weighted by Gasteiger charge is -2.10.